The maximum Gasteiger partial charge on any atom is 0.267 e. The first kappa shape index (κ1) is 25.9. The molecule has 1 aromatic carbocycles. The lowest BCUT2D eigenvalue weighted by Gasteiger charge is -2.37. The van der Waals surface area contributed by atoms with E-state index in [-0.39, 0.29) is 11.9 Å². The number of fused-ring (bicyclic) bond motifs is 1. The van der Waals surface area contributed by atoms with Gasteiger partial charge in [0, 0.05) is 0 Å². The highest BCUT2D eigenvalue weighted by Crippen LogP contribution is 2.43. The molecule has 1 unspecified atom stereocenters. The Labute approximate surface area is 205 Å². The van der Waals surface area contributed by atoms with Gasteiger partial charge >= 0.3 is 0 Å². The second-order valence-electron chi connectivity index (χ2n) is 11.5. The average Bonchev–Trinajstić information content (AvgIpc) is 2.84. The van der Waals surface area contributed by atoms with Gasteiger partial charge in [0.15, 0.2) is 11.6 Å². The van der Waals surface area contributed by atoms with E-state index >= 15 is 4.39 Å². The van der Waals surface area contributed by atoms with Gasteiger partial charge in [0.2, 0.25) is 0 Å². The summed E-state index contributed by atoms with van der Waals surface area (Å²) in [6, 6.07) is 1.86. The largest absolute Gasteiger partial charge is 0.487 e. The van der Waals surface area contributed by atoms with Crippen molar-refractivity contribution in [3.05, 3.63) is 28.6 Å². The fourth-order valence-corrected chi connectivity index (χ4v) is 7.19. The van der Waals surface area contributed by atoms with Gasteiger partial charge in [-0.3, -0.25) is 0 Å². The molecule has 0 saturated heterocycles. The first-order valence-corrected chi connectivity index (χ1v) is 14.3. The minimum atomic E-state index is -2.80. The second-order valence-corrected chi connectivity index (χ2v) is 11.5. The highest BCUT2D eigenvalue weighted by Gasteiger charge is 2.35. The van der Waals surface area contributed by atoms with Crippen molar-refractivity contribution in [1.82, 2.24) is 0 Å². The Morgan fingerprint density at radius 1 is 0.824 bits per heavy atom. The summed E-state index contributed by atoms with van der Waals surface area (Å²) in [4.78, 5) is 0. The van der Waals surface area contributed by atoms with Gasteiger partial charge in [-0.2, -0.15) is 0 Å². The molecule has 2 fully saturated rings. The minimum Gasteiger partial charge on any atom is -0.487 e. The van der Waals surface area contributed by atoms with Gasteiger partial charge in [-0.15, -0.1) is 0 Å². The van der Waals surface area contributed by atoms with Crippen LogP contribution in [0, 0.1) is 29.5 Å². The van der Waals surface area contributed by atoms with Crippen molar-refractivity contribution < 1.29 is 17.9 Å². The smallest absolute Gasteiger partial charge is 0.267 e. The van der Waals surface area contributed by atoms with Gasteiger partial charge in [0.1, 0.15) is 6.10 Å². The number of ether oxygens (including phenoxy) is 1. The van der Waals surface area contributed by atoms with Crippen molar-refractivity contribution in [2.45, 2.75) is 129 Å². The molecule has 3 aliphatic rings. The molecular weight excluding hydrogens is 433 g/mol. The molecule has 1 aliphatic heterocycles. The number of hydrogen-bond acceptors (Lipinski definition) is 1. The van der Waals surface area contributed by atoms with Crippen LogP contribution >= 0.6 is 0 Å². The molecule has 1 atom stereocenters. The number of alkyl halides is 2. The van der Waals surface area contributed by atoms with Gasteiger partial charge < -0.3 is 4.74 Å². The third-order valence-electron chi connectivity index (χ3n) is 9.21. The normalized spacial score (nSPS) is 29.6. The monoisotopic (exact) mass is 478 g/mol. The molecule has 192 valence electrons. The number of halogens is 3. The Bertz CT molecular complexity index is 776. The van der Waals surface area contributed by atoms with E-state index in [4.69, 9.17) is 4.74 Å². The molecule has 4 heteroatoms. The summed E-state index contributed by atoms with van der Waals surface area (Å²) in [6.45, 7) is 4.48. The molecular formula is C30H45F3O. The van der Waals surface area contributed by atoms with E-state index in [0.29, 0.717) is 23.8 Å². The van der Waals surface area contributed by atoms with Crippen LogP contribution < -0.4 is 4.74 Å². The predicted molar refractivity (Wildman–Crippen MR) is 133 cm³/mol. The van der Waals surface area contributed by atoms with Gasteiger partial charge in [-0.25, -0.2) is 13.2 Å². The van der Waals surface area contributed by atoms with E-state index in [1.807, 2.05) is 6.07 Å². The highest BCUT2D eigenvalue weighted by molar-refractivity contribution is 5.46. The number of rotatable bonds is 9. The molecule has 0 bridgehead atoms. The average molecular weight is 479 g/mol. The van der Waals surface area contributed by atoms with Crippen LogP contribution in [-0.4, -0.2) is 6.10 Å². The molecule has 34 heavy (non-hydrogen) atoms. The summed E-state index contributed by atoms with van der Waals surface area (Å²) in [5, 5.41) is 0. The van der Waals surface area contributed by atoms with Crippen LogP contribution in [0.4, 0.5) is 13.2 Å². The molecule has 0 aromatic heterocycles. The fourth-order valence-electron chi connectivity index (χ4n) is 7.19. The van der Waals surface area contributed by atoms with Crippen LogP contribution in [0.3, 0.4) is 0 Å². The van der Waals surface area contributed by atoms with Crippen LogP contribution in [0.15, 0.2) is 6.07 Å². The molecule has 0 N–H and O–H groups in total. The lowest BCUT2D eigenvalue weighted by atomic mass is 9.76. The van der Waals surface area contributed by atoms with Gasteiger partial charge in [0.25, 0.3) is 6.43 Å². The van der Waals surface area contributed by atoms with Gasteiger partial charge in [-0.1, -0.05) is 84.1 Å². The third-order valence-corrected chi connectivity index (χ3v) is 9.21. The summed E-state index contributed by atoms with van der Waals surface area (Å²) < 4.78 is 49.7. The SMILES string of the molecule is CCCC1CCC(CCc2cc3c(c(F)c2C(F)F)OC(C2CCC(CCC)CC2)CC3)CC1. The van der Waals surface area contributed by atoms with Crippen LogP contribution in [0.5, 0.6) is 5.75 Å². The number of hydrogen-bond donors (Lipinski definition) is 0. The van der Waals surface area contributed by atoms with E-state index < -0.39 is 17.8 Å². The Kier molecular flexibility index (Phi) is 9.27. The minimum absolute atomic E-state index is 0.0285. The molecule has 1 heterocycles. The summed E-state index contributed by atoms with van der Waals surface area (Å²) in [5.41, 5.74) is 0.925. The van der Waals surface area contributed by atoms with Crippen molar-refractivity contribution in [2.75, 3.05) is 0 Å². The topological polar surface area (TPSA) is 9.23 Å². The second kappa shape index (κ2) is 12.2. The summed E-state index contributed by atoms with van der Waals surface area (Å²) in [5.74, 6) is 2.01. The van der Waals surface area contributed by atoms with E-state index in [2.05, 4.69) is 13.8 Å². The Balaban J connectivity index is 1.41. The van der Waals surface area contributed by atoms with E-state index in [0.717, 1.165) is 49.5 Å². The molecule has 2 saturated carbocycles. The molecule has 2 aliphatic carbocycles. The zero-order valence-electron chi connectivity index (χ0n) is 21.4. The highest BCUT2D eigenvalue weighted by atomic mass is 19.3. The van der Waals surface area contributed by atoms with Crippen LogP contribution in [0.1, 0.15) is 127 Å². The van der Waals surface area contributed by atoms with Crippen LogP contribution in [0.2, 0.25) is 0 Å². The summed E-state index contributed by atoms with van der Waals surface area (Å²) in [6.07, 6.45) is 14.9. The predicted octanol–water partition coefficient (Wildman–Crippen LogP) is 9.60. The van der Waals surface area contributed by atoms with Crippen molar-refractivity contribution >= 4 is 0 Å². The zero-order chi connectivity index (χ0) is 24.1. The van der Waals surface area contributed by atoms with Crippen molar-refractivity contribution in [3.63, 3.8) is 0 Å². The first-order chi connectivity index (χ1) is 16.5. The standard InChI is InChI=1S/C30H45F3O/c1-3-5-20-7-9-22(10-8-20)13-16-24-19-25-17-18-26(23-14-11-21(6-4-2)12-15-23)34-29(25)28(31)27(24)30(32)33/h19-23,26,30H,3-18H2,1-2H3. The molecule has 0 spiro atoms. The maximum atomic E-state index is 15.5. The zero-order valence-corrected chi connectivity index (χ0v) is 21.4. The van der Waals surface area contributed by atoms with Crippen molar-refractivity contribution in [1.29, 1.82) is 0 Å². The van der Waals surface area contributed by atoms with Crippen molar-refractivity contribution in [3.8, 4) is 5.75 Å². The van der Waals surface area contributed by atoms with E-state index in [1.165, 1.54) is 64.2 Å². The summed E-state index contributed by atoms with van der Waals surface area (Å²) in [7, 11) is 0. The maximum absolute atomic E-state index is 15.5. The van der Waals surface area contributed by atoms with E-state index in [9.17, 15) is 8.78 Å². The fraction of sp³-hybridized carbons (Fsp3) is 0.800. The Hall–Kier alpha value is -1.19. The van der Waals surface area contributed by atoms with Crippen LogP contribution in [-0.2, 0) is 12.8 Å². The Morgan fingerprint density at radius 3 is 1.94 bits per heavy atom. The summed E-state index contributed by atoms with van der Waals surface area (Å²) >= 11 is 0. The molecule has 0 amide bonds. The third kappa shape index (κ3) is 6.13. The molecule has 0 radical (unpaired) electrons. The first-order valence-electron chi connectivity index (χ1n) is 14.3. The Morgan fingerprint density at radius 2 is 1.38 bits per heavy atom. The van der Waals surface area contributed by atoms with Gasteiger partial charge in [0.05, 0.1) is 5.56 Å². The van der Waals surface area contributed by atoms with Crippen LogP contribution in [0.25, 0.3) is 0 Å². The number of benzene rings is 1. The quantitative estimate of drug-likeness (QED) is 0.343. The van der Waals surface area contributed by atoms with Gasteiger partial charge in [-0.05, 0) is 73.3 Å². The van der Waals surface area contributed by atoms with E-state index in [1.54, 1.807) is 0 Å². The molecule has 1 aromatic rings. The molecule has 4 rings (SSSR count). The molecule has 1 nitrogen and oxygen atoms in total. The number of aryl methyl sites for hydroxylation is 2. The lowest BCUT2D eigenvalue weighted by molar-refractivity contribution is 0.0699. The van der Waals surface area contributed by atoms with Crippen molar-refractivity contribution in [2.24, 2.45) is 23.7 Å². The lowest BCUT2D eigenvalue weighted by Crippen LogP contribution is -2.34.